The Kier molecular flexibility index (Phi) is 4.42. The summed E-state index contributed by atoms with van der Waals surface area (Å²) in [7, 11) is 0. The predicted octanol–water partition coefficient (Wildman–Crippen LogP) is 3.93. The van der Waals surface area contributed by atoms with E-state index in [1.165, 1.54) is 5.56 Å². The standard InChI is InChI=1S/C18H17Cl2NO/c19-18(20)15(14-9-5-2-6-10-14)16(18)17(22)21-12-11-13-7-3-1-4-8-13/h1-10,15-16H,11-12H2,(H,21,22)/t15-,16+/m0/s1. The molecule has 0 aliphatic heterocycles. The molecule has 0 bridgehead atoms. The number of hydrogen-bond acceptors (Lipinski definition) is 1. The molecule has 1 aliphatic rings. The van der Waals surface area contributed by atoms with Crippen LogP contribution in [-0.2, 0) is 11.2 Å². The first-order chi connectivity index (χ1) is 10.6. The fourth-order valence-corrected chi connectivity index (χ4v) is 3.64. The van der Waals surface area contributed by atoms with Crippen LogP contribution in [0.3, 0.4) is 0 Å². The van der Waals surface area contributed by atoms with Gasteiger partial charge in [-0.2, -0.15) is 0 Å². The molecule has 114 valence electrons. The molecule has 1 N–H and O–H groups in total. The average molecular weight is 334 g/mol. The molecule has 3 rings (SSSR count). The van der Waals surface area contributed by atoms with Gasteiger partial charge < -0.3 is 5.32 Å². The van der Waals surface area contributed by atoms with Crippen molar-refractivity contribution in [1.29, 1.82) is 0 Å². The minimum Gasteiger partial charge on any atom is -0.355 e. The minimum absolute atomic E-state index is 0.0743. The number of hydrogen-bond donors (Lipinski definition) is 1. The van der Waals surface area contributed by atoms with Crippen LogP contribution in [0, 0.1) is 5.92 Å². The maximum Gasteiger partial charge on any atom is 0.226 e. The van der Waals surface area contributed by atoms with Gasteiger partial charge in [0, 0.05) is 12.5 Å². The molecule has 0 aromatic heterocycles. The van der Waals surface area contributed by atoms with Crippen molar-refractivity contribution in [3.8, 4) is 0 Å². The van der Waals surface area contributed by atoms with E-state index in [0.29, 0.717) is 6.54 Å². The normalized spacial score (nSPS) is 22.1. The Morgan fingerprint density at radius 3 is 2.23 bits per heavy atom. The summed E-state index contributed by atoms with van der Waals surface area (Å²) in [5.74, 6) is -0.586. The summed E-state index contributed by atoms with van der Waals surface area (Å²) >= 11 is 12.6. The Bertz CT molecular complexity index is 643. The number of benzene rings is 2. The van der Waals surface area contributed by atoms with Gasteiger partial charge in [-0.3, -0.25) is 4.79 Å². The molecule has 1 fully saturated rings. The smallest absolute Gasteiger partial charge is 0.226 e. The van der Waals surface area contributed by atoms with Gasteiger partial charge in [-0.05, 0) is 17.5 Å². The predicted molar refractivity (Wildman–Crippen MR) is 90.3 cm³/mol. The molecule has 1 saturated carbocycles. The molecule has 2 aromatic rings. The molecule has 1 aliphatic carbocycles. The third kappa shape index (κ3) is 3.13. The number of nitrogens with one attached hydrogen (secondary N) is 1. The fourth-order valence-electron chi connectivity index (χ4n) is 2.81. The Hall–Kier alpha value is -1.51. The van der Waals surface area contributed by atoms with Gasteiger partial charge in [0.1, 0.15) is 4.33 Å². The highest BCUT2D eigenvalue weighted by atomic mass is 35.5. The van der Waals surface area contributed by atoms with E-state index < -0.39 is 4.33 Å². The van der Waals surface area contributed by atoms with Gasteiger partial charge in [0.15, 0.2) is 0 Å². The van der Waals surface area contributed by atoms with E-state index in [0.717, 1.165) is 12.0 Å². The molecule has 2 aromatic carbocycles. The minimum atomic E-state index is -1.00. The van der Waals surface area contributed by atoms with Crippen LogP contribution in [0.1, 0.15) is 17.0 Å². The van der Waals surface area contributed by atoms with E-state index in [1.54, 1.807) is 0 Å². The van der Waals surface area contributed by atoms with Gasteiger partial charge in [0.2, 0.25) is 5.91 Å². The number of halogens is 2. The lowest BCUT2D eigenvalue weighted by molar-refractivity contribution is -0.122. The average Bonchev–Trinajstić information content (AvgIpc) is 3.12. The van der Waals surface area contributed by atoms with Crippen molar-refractivity contribution in [2.24, 2.45) is 5.92 Å². The van der Waals surface area contributed by atoms with Gasteiger partial charge in [0.25, 0.3) is 0 Å². The topological polar surface area (TPSA) is 29.1 Å². The summed E-state index contributed by atoms with van der Waals surface area (Å²) in [5.41, 5.74) is 2.21. The second-order valence-electron chi connectivity index (χ2n) is 5.57. The van der Waals surface area contributed by atoms with Crippen molar-refractivity contribution < 1.29 is 4.79 Å². The van der Waals surface area contributed by atoms with Crippen LogP contribution in [0.4, 0.5) is 0 Å². The number of amides is 1. The largest absolute Gasteiger partial charge is 0.355 e. The van der Waals surface area contributed by atoms with Crippen molar-refractivity contribution in [3.63, 3.8) is 0 Å². The molecule has 0 unspecified atom stereocenters. The molecule has 1 amide bonds. The summed E-state index contributed by atoms with van der Waals surface area (Å²) in [4.78, 5) is 12.3. The van der Waals surface area contributed by atoms with Crippen molar-refractivity contribution in [2.75, 3.05) is 6.54 Å². The highest BCUT2D eigenvalue weighted by Gasteiger charge is 2.67. The SMILES string of the molecule is O=C(NCCc1ccccc1)[C@H]1[C@H](c2ccccc2)C1(Cl)Cl. The summed E-state index contributed by atoms with van der Waals surface area (Å²) in [6.07, 6.45) is 0.798. The van der Waals surface area contributed by atoms with Gasteiger partial charge in [-0.15, -0.1) is 23.2 Å². The van der Waals surface area contributed by atoms with Gasteiger partial charge in [0.05, 0.1) is 5.92 Å². The highest BCUT2D eigenvalue weighted by molar-refractivity contribution is 6.53. The molecule has 0 spiro atoms. The van der Waals surface area contributed by atoms with Crippen molar-refractivity contribution in [2.45, 2.75) is 16.7 Å². The summed E-state index contributed by atoms with van der Waals surface area (Å²) in [6.45, 7) is 0.588. The van der Waals surface area contributed by atoms with E-state index in [1.807, 2.05) is 60.7 Å². The molecular formula is C18H17Cl2NO. The zero-order valence-electron chi connectivity index (χ0n) is 12.0. The lowest BCUT2D eigenvalue weighted by atomic mass is 10.1. The second kappa shape index (κ2) is 6.31. The first-order valence-corrected chi connectivity index (χ1v) is 8.10. The maximum absolute atomic E-state index is 12.3. The summed E-state index contributed by atoms with van der Waals surface area (Å²) in [5, 5.41) is 2.94. The van der Waals surface area contributed by atoms with Gasteiger partial charge in [-0.25, -0.2) is 0 Å². The van der Waals surface area contributed by atoms with Crippen LogP contribution in [-0.4, -0.2) is 16.8 Å². The molecule has 0 radical (unpaired) electrons. The number of carbonyl (C=O) groups is 1. The quantitative estimate of drug-likeness (QED) is 0.825. The first kappa shape index (κ1) is 15.4. The van der Waals surface area contributed by atoms with Crippen molar-refractivity contribution >= 4 is 29.1 Å². The Morgan fingerprint density at radius 2 is 1.59 bits per heavy atom. The van der Waals surface area contributed by atoms with E-state index in [9.17, 15) is 4.79 Å². The van der Waals surface area contributed by atoms with Crippen molar-refractivity contribution in [3.05, 3.63) is 71.8 Å². The Labute approximate surface area is 140 Å². The zero-order valence-corrected chi connectivity index (χ0v) is 13.5. The summed E-state index contributed by atoms with van der Waals surface area (Å²) < 4.78 is -1.00. The lowest BCUT2D eigenvalue weighted by Gasteiger charge is -2.05. The molecule has 0 saturated heterocycles. The van der Waals surface area contributed by atoms with E-state index >= 15 is 0 Å². The van der Waals surface area contributed by atoms with Crippen LogP contribution in [0.5, 0.6) is 0 Å². The van der Waals surface area contributed by atoms with Crippen molar-refractivity contribution in [1.82, 2.24) is 5.32 Å². The molecule has 22 heavy (non-hydrogen) atoms. The molecular weight excluding hydrogens is 317 g/mol. The molecule has 0 heterocycles. The maximum atomic E-state index is 12.3. The van der Waals surface area contributed by atoms with E-state index in [4.69, 9.17) is 23.2 Å². The molecule has 2 nitrogen and oxygen atoms in total. The third-order valence-electron chi connectivity index (χ3n) is 4.05. The van der Waals surface area contributed by atoms with E-state index in [-0.39, 0.29) is 17.7 Å². The third-order valence-corrected chi connectivity index (χ3v) is 4.99. The second-order valence-corrected chi connectivity index (χ2v) is 7.01. The Balaban J connectivity index is 1.57. The van der Waals surface area contributed by atoms with Gasteiger partial charge >= 0.3 is 0 Å². The van der Waals surface area contributed by atoms with Crippen LogP contribution >= 0.6 is 23.2 Å². The number of rotatable bonds is 5. The molecule has 4 heteroatoms. The Morgan fingerprint density at radius 1 is 1.00 bits per heavy atom. The van der Waals surface area contributed by atoms with E-state index in [2.05, 4.69) is 5.32 Å². The zero-order chi connectivity index (χ0) is 15.6. The van der Waals surface area contributed by atoms with Crippen LogP contribution < -0.4 is 5.32 Å². The van der Waals surface area contributed by atoms with Gasteiger partial charge in [-0.1, -0.05) is 60.7 Å². The monoisotopic (exact) mass is 333 g/mol. The van der Waals surface area contributed by atoms with Crippen LogP contribution in [0.25, 0.3) is 0 Å². The van der Waals surface area contributed by atoms with Crippen LogP contribution in [0.2, 0.25) is 0 Å². The lowest BCUT2D eigenvalue weighted by Crippen LogP contribution is -2.28. The molecule has 2 atom stereocenters. The number of alkyl halides is 2. The first-order valence-electron chi connectivity index (χ1n) is 7.35. The number of carbonyl (C=O) groups excluding carboxylic acids is 1. The highest BCUT2D eigenvalue weighted by Crippen LogP contribution is 2.64. The fraction of sp³-hybridized carbons (Fsp3) is 0.278. The summed E-state index contributed by atoms with van der Waals surface area (Å²) in [6, 6.07) is 19.8. The van der Waals surface area contributed by atoms with Crippen LogP contribution in [0.15, 0.2) is 60.7 Å².